The van der Waals surface area contributed by atoms with Gasteiger partial charge in [-0.05, 0) is 66.3 Å². The molecule has 0 amide bonds. The summed E-state index contributed by atoms with van der Waals surface area (Å²) in [4.78, 5) is 19.5. The maximum absolute atomic E-state index is 12.8. The molecule has 0 spiro atoms. The van der Waals surface area contributed by atoms with Gasteiger partial charge in [-0.2, -0.15) is 5.26 Å². The van der Waals surface area contributed by atoms with Crippen LogP contribution in [0.4, 0.5) is 11.4 Å². The Morgan fingerprint density at radius 1 is 1.09 bits per heavy atom. The first kappa shape index (κ1) is 19.8. The van der Waals surface area contributed by atoms with E-state index in [9.17, 15) is 15.2 Å². The molecule has 2 aromatic carbocycles. The number of rotatable bonds is 5. The number of phenolic OH excluding ortho intramolecular Hbond substituents is 1. The van der Waals surface area contributed by atoms with Crippen LogP contribution in [0.2, 0.25) is 0 Å². The number of fused-ring (bicyclic) bond motifs is 1. The number of pyridine rings is 2. The predicted octanol–water partition coefficient (Wildman–Crippen LogP) is 4.73. The van der Waals surface area contributed by atoms with E-state index in [1.54, 1.807) is 41.9 Å². The molecule has 0 unspecified atom stereocenters. The minimum absolute atomic E-state index is 0.121. The first-order chi connectivity index (χ1) is 15.5. The summed E-state index contributed by atoms with van der Waals surface area (Å²) in [6, 6.07) is 22.4. The van der Waals surface area contributed by atoms with Crippen molar-refractivity contribution in [3.63, 3.8) is 0 Å². The van der Waals surface area contributed by atoms with Crippen molar-refractivity contribution in [3.05, 3.63) is 82.8 Å². The summed E-state index contributed by atoms with van der Waals surface area (Å²) in [6.45, 7) is 0.768. The van der Waals surface area contributed by atoms with E-state index in [0.717, 1.165) is 36.2 Å². The van der Waals surface area contributed by atoms with E-state index in [4.69, 9.17) is 0 Å². The van der Waals surface area contributed by atoms with Gasteiger partial charge < -0.3 is 14.6 Å². The van der Waals surface area contributed by atoms with Gasteiger partial charge in [0.1, 0.15) is 23.0 Å². The first-order valence-electron chi connectivity index (χ1n) is 10.6. The third kappa shape index (κ3) is 3.69. The van der Waals surface area contributed by atoms with E-state index in [1.165, 1.54) is 0 Å². The minimum Gasteiger partial charge on any atom is -0.508 e. The zero-order valence-electron chi connectivity index (χ0n) is 17.7. The lowest BCUT2D eigenvalue weighted by Crippen LogP contribution is -2.25. The van der Waals surface area contributed by atoms with Crippen LogP contribution in [-0.2, 0) is 7.05 Å². The van der Waals surface area contributed by atoms with Crippen LogP contribution in [0, 0.1) is 17.2 Å². The van der Waals surface area contributed by atoms with Crippen molar-refractivity contribution in [1.82, 2.24) is 9.55 Å². The molecule has 32 heavy (non-hydrogen) atoms. The fraction of sp³-hybridized carbons (Fsp3) is 0.192. The second-order valence-electron chi connectivity index (χ2n) is 8.26. The summed E-state index contributed by atoms with van der Waals surface area (Å²) in [6.07, 6.45) is 2.31. The third-order valence-corrected chi connectivity index (χ3v) is 5.95. The Bertz CT molecular complexity index is 1430. The normalized spacial score (nSPS) is 13.1. The molecule has 5 rings (SSSR count). The zero-order valence-corrected chi connectivity index (χ0v) is 17.7. The highest BCUT2D eigenvalue weighted by molar-refractivity contribution is 5.91. The van der Waals surface area contributed by atoms with Gasteiger partial charge in [0.05, 0.1) is 11.2 Å². The van der Waals surface area contributed by atoms with Gasteiger partial charge in [-0.15, -0.1) is 0 Å². The molecule has 6 heteroatoms. The first-order valence-corrected chi connectivity index (χ1v) is 10.6. The monoisotopic (exact) mass is 422 g/mol. The van der Waals surface area contributed by atoms with Crippen molar-refractivity contribution in [2.75, 3.05) is 11.4 Å². The van der Waals surface area contributed by atoms with Crippen molar-refractivity contribution in [3.8, 4) is 22.9 Å². The average Bonchev–Trinajstić information content (AvgIpc) is 3.64. The Kier molecular flexibility index (Phi) is 4.87. The number of nitriles is 1. The SMILES string of the molecule is Cn1c(=O)cc(N(CC2CC2)c2cccc(-c3cccc(O)c3)c2)c2nc(C#N)ccc21. The van der Waals surface area contributed by atoms with Crippen LogP contribution in [0.3, 0.4) is 0 Å². The number of anilines is 2. The highest BCUT2D eigenvalue weighted by atomic mass is 16.3. The second-order valence-corrected chi connectivity index (χ2v) is 8.26. The Morgan fingerprint density at radius 2 is 1.84 bits per heavy atom. The molecule has 1 fully saturated rings. The smallest absolute Gasteiger partial charge is 0.252 e. The van der Waals surface area contributed by atoms with E-state index in [1.807, 2.05) is 30.3 Å². The number of aromatic hydroxyl groups is 1. The summed E-state index contributed by atoms with van der Waals surface area (Å²) in [5.74, 6) is 0.770. The quantitative estimate of drug-likeness (QED) is 0.503. The Labute approximate surface area is 185 Å². The minimum atomic E-state index is -0.121. The van der Waals surface area contributed by atoms with Crippen LogP contribution in [0.5, 0.6) is 5.75 Å². The maximum Gasteiger partial charge on any atom is 0.252 e. The number of nitrogens with zero attached hydrogens (tertiary/aromatic N) is 4. The van der Waals surface area contributed by atoms with E-state index in [-0.39, 0.29) is 11.3 Å². The molecule has 158 valence electrons. The van der Waals surface area contributed by atoms with Crippen LogP contribution in [-0.4, -0.2) is 21.2 Å². The lowest BCUT2D eigenvalue weighted by atomic mass is 10.0. The molecule has 4 aromatic rings. The number of aryl methyl sites for hydroxylation is 1. The lowest BCUT2D eigenvalue weighted by molar-refractivity contribution is 0.475. The van der Waals surface area contributed by atoms with Crippen LogP contribution in [0.25, 0.3) is 22.2 Å². The van der Waals surface area contributed by atoms with Crippen LogP contribution < -0.4 is 10.5 Å². The summed E-state index contributed by atoms with van der Waals surface area (Å²) in [5.41, 5.74) is 5.05. The number of phenols is 1. The summed E-state index contributed by atoms with van der Waals surface area (Å²) < 4.78 is 1.56. The van der Waals surface area contributed by atoms with Gasteiger partial charge in [0.2, 0.25) is 0 Å². The zero-order chi connectivity index (χ0) is 22.2. The largest absolute Gasteiger partial charge is 0.508 e. The van der Waals surface area contributed by atoms with Gasteiger partial charge >= 0.3 is 0 Å². The van der Waals surface area contributed by atoms with Crippen molar-refractivity contribution in [1.29, 1.82) is 5.26 Å². The highest BCUT2D eigenvalue weighted by Crippen LogP contribution is 2.38. The van der Waals surface area contributed by atoms with Gasteiger partial charge in [-0.1, -0.05) is 24.3 Å². The molecule has 2 heterocycles. The van der Waals surface area contributed by atoms with E-state index in [2.05, 4.69) is 22.0 Å². The van der Waals surface area contributed by atoms with Crippen LogP contribution >= 0.6 is 0 Å². The number of hydrogen-bond donors (Lipinski definition) is 1. The fourth-order valence-electron chi connectivity index (χ4n) is 4.02. The predicted molar refractivity (Wildman–Crippen MR) is 125 cm³/mol. The summed E-state index contributed by atoms with van der Waals surface area (Å²) >= 11 is 0. The number of hydrogen-bond acceptors (Lipinski definition) is 5. The molecule has 1 aliphatic carbocycles. The molecule has 6 nitrogen and oxygen atoms in total. The van der Waals surface area contributed by atoms with Gasteiger partial charge in [-0.25, -0.2) is 4.98 Å². The van der Waals surface area contributed by atoms with Gasteiger partial charge in [0.25, 0.3) is 5.56 Å². The number of aromatic nitrogens is 2. The Balaban J connectivity index is 1.70. The van der Waals surface area contributed by atoms with E-state index in [0.29, 0.717) is 28.3 Å². The van der Waals surface area contributed by atoms with Gasteiger partial charge in [0.15, 0.2) is 0 Å². The average molecular weight is 422 g/mol. The molecular formula is C26H22N4O2. The molecule has 0 aliphatic heterocycles. The van der Waals surface area contributed by atoms with Gasteiger partial charge in [-0.3, -0.25) is 4.79 Å². The lowest BCUT2D eigenvalue weighted by Gasteiger charge is -2.27. The van der Waals surface area contributed by atoms with Crippen molar-refractivity contribution >= 4 is 22.4 Å². The van der Waals surface area contributed by atoms with Crippen LogP contribution in [0.15, 0.2) is 71.5 Å². The van der Waals surface area contributed by atoms with Crippen molar-refractivity contribution in [2.24, 2.45) is 13.0 Å². The molecule has 0 bridgehead atoms. The fourth-order valence-corrected chi connectivity index (χ4v) is 4.02. The standard InChI is InChI=1S/C26H22N4O2/c1-29-23-11-10-20(15-27)28-26(23)24(14-25(29)32)30(16-17-8-9-17)21-6-2-4-18(12-21)19-5-3-7-22(31)13-19/h2-7,10-14,17,31H,8-9,16H2,1H3. The van der Waals surface area contributed by atoms with Crippen molar-refractivity contribution in [2.45, 2.75) is 12.8 Å². The topological polar surface area (TPSA) is 82.2 Å². The highest BCUT2D eigenvalue weighted by Gasteiger charge is 2.27. The molecule has 1 saturated carbocycles. The molecule has 0 saturated heterocycles. The molecule has 2 aromatic heterocycles. The third-order valence-electron chi connectivity index (χ3n) is 5.95. The molecule has 1 N–H and O–H groups in total. The molecular weight excluding hydrogens is 400 g/mol. The Hall–Kier alpha value is -4.11. The molecule has 0 atom stereocenters. The molecule has 0 radical (unpaired) electrons. The second kappa shape index (κ2) is 7.86. The number of benzene rings is 2. The maximum atomic E-state index is 12.8. The Morgan fingerprint density at radius 3 is 2.56 bits per heavy atom. The van der Waals surface area contributed by atoms with E-state index < -0.39 is 0 Å². The molecule has 1 aliphatic rings. The summed E-state index contributed by atoms with van der Waals surface area (Å²) in [5, 5.41) is 19.3. The van der Waals surface area contributed by atoms with Crippen LogP contribution in [0.1, 0.15) is 18.5 Å². The van der Waals surface area contributed by atoms with Crippen molar-refractivity contribution < 1.29 is 5.11 Å². The van der Waals surface area contributed by atoms with E-state index >= 15 is 0 Å². The summed E-state index contributed by atoms with van der Waals surface area (Å²) in [7, 11) is 1.72. The van der Waals surface area contributed by atoms with Gasteiger partial charge in [0, 0.05) is 25.3 Å².